The zero-order valence-electron chi connectivity index (χ0n) is 8.25. The Bertz CT molecular complexity index is 352. The summed E-state index contributed by atoms with van der Waals surface area (Å²) in [6.07, 6.45) is 0. The van der Waals surface area contributed by atoms with Crippen LogP contribution in [-0.2, 0) is 5.88 Å². The Morgan fingerprint density at radius 1 is 1.57 bits per heavy atom. The number of hydrogen-bond acceptors (Lipinski definition) is 1. The molecule has 1 aromatic rings. The van der Waals surface area contributed by atoms with Crippen molar-refractivity contribution in [2.45, 2.75) is 12.8 Å². The molecule has 0 fully saturated rings. The molecule has 4 heteroatoms. The predicted molar refractivity (Wildman–Crippen MR) is 58.7 cm³/mol. The lowest BCUT2D eigenvalue weighted by Crippen LogP contribution is -2.32. The molecule has 0 aliphatic heterocycles. The van der Waals surface area contributed by atoms with Crippen LogP contribution in [0.25, 0.3) is 0 Å². The molecule has 14 heavy (non-hydrogen) atoms. The molecule has 2 amide bonds. The minimum Gasteiger partial charge on any atom is -0.351 e. The highest BCUT2D eigenvalue weighted by Gasteiger charge is 2.11. The van der Waals surface area contributed by atoms with Crippen LogP contribution in [0.1, 0.15) is 11.1 Å². The third-order valence-electron chi connectivity index (χ3n) is 2.21. The van der Waals surface area contributed by atoms with Crippen molar-refractivity contribution in [3.63, 3.8) is 0 Å². The number of primary amides is 1. The number of halogens is 1. The molecule has 0 saturated carbocycles. The highest BCUT2D eigenvalue weighted by atomic mass is 35.5. The van der Waals surface area contributed by atoms with Gasteiger partial charge in [0, 0.05) is 18.6 Å². The number of aryl methyl sites for hydroxylation is 1. The summed E-state index contributed by atoms with van der Waals surface area (Å²) >= 11 is 5.81. The number of alkyl halides is 1. The fourth-order valence-corrected chi connectivity index (χ4v) is 1.64. The van der Waals surface area contributed by atoms with Crippen LogP contribution >= 0.6 is 11.6 Å². The van der Waals surface area contributed by atoms with Crippen molar-refractivity contribution < 1.29 is 4.79 Å². The van der Waals surface area contributed by atoms with Gasteiger partial charge in [-0.25, -0.2) is 4.79 Å². The molecule has 1 rings (SSSR count). The topological polar surface area (TPSA) is 46.3 Å². The van der Waals surface area contributed by atoms with Gasteiger partial charge < -0.3 is 5.73 Å². The van der Waals surface area contributed by atoms with Gasteiger partial charge in [0.15, 0.2) is 0 Å². The first-order valence-electron chi connectivity index (χ1n) is 4.25. The molecule has 76 valence electrons. The van der Waals surface area contributed by atoms with Crippen LogP contribution in [0.2, 0.25) is 0 Å². The molecule has 0 aliphatic rings. The van der Waals surface area contributed by atoms with E-state index in [9.17, 15) is 4.79 Å². The van der Waals surface area contributed by atoms with Crippen LogP contribution in [0.15, 0.2) is 18.2 Å². The fourth-order valence-electron chi connectivity index (χ4n) is 1.29. The lowest BCUT2D eigenvalue weighted by molar-refractivity contribution is 0.255. The number of rotatable bonds is 2. The van der Waals surface area contributed by atoms with Gasteiger partial charge >= 0.3 is 6.03 Å². The minimum absolute atomic E-state index is 0.375. The van der Waals surface area contributed by atoms with Crippen molar-refractivity contribution in [1.82, 2.24) is 0 Å². The molecule has 0 bridgehead atoms. The molecule has 2 N–H and O–H groups in total. The maximum absolute atomic E-state index is 11.0. The summed E-state index contributed by atoms with van der Waals surface area (Å²) in [6.45, 7) is 1.95. The number of anilines is 1. The van der Waals surface area contributed by atoms with Gasteiger partial charge in [-0.15, -0.1) is 11.6 Å². The molecule has 1 aromatic carbocycles. The molecule has 0 aromatic heterocycles. The number of nitrogens with zero attached hydrogens (tertiary/aromatic N) is 1. The van der Waals surface area contributed by atoms with E-state index in [1.54, 1.807) is 7.05 Å². The molecule has 3 nitrogen and oxygen atoms in total. The van der Waals surface area contributed by atoms with E-state index in [0.717, 1.165) is 16.8 Å². The zero-order chi connectivity index (χ0) is 10.7. The van der Waals surface area contributed by atoms with E-state index in [2.05, 4.69) is 0 Å². The van der Waals surface area contributed by atoms with E-state index < -0.39 is 6.03 Å². The summed E-state index contributed by atoms with van der Waals surface area (Å²) in [4.78, 5) is 12.4. The third kappa shape index (κ3) is 1.99. The predicted octanol–water partition coefficient (Wildman–Crippen LogP) is 2.25. The number of urea groups is 1. The number of benzene rings is 1. The van der Waals surface area contributed by atoms with Crippen LogP contribution in [-0.4, -0.2) is 13.1 Å². The molecule has 0 spiro atoms. The lowest BCUT2D eigenvalue weighted by atomic mass is 10.1. The van der Waals surface area contributed by atoms with Crippen molar-refractivity contribution in [2.24, 2.45) is 5.73 Å². The van der Waals surface area contributed by atoms with E-state index in [1.807, 2.05) is 25.1 Å². The molecule has 0 heterocycles. The number of nitrogens with two attached hydrogens (primary N) is 1. The van der Waals surface area contributed by atoms with Gasteiger partial charge in [-0.2, -0.15) is 0 Å². The van der Waals surface area contributed by atoms with Crippen LogP contribution < -0.4 is 10.6 Å². The summed E-state index contributed by atoms with van der Waals surface area (Å²) in [6, 6.07) is 5.17. The number of carbonyl (C=O) groups is 1. The van der Waals surface area contributed by atoms with E-state index in [4.69, 9.17) is 17.3 Å². The summed E-state index contributed by atoms with van der Waals surface area (Å²) in [5.74, 6) is 0.375. The van der Waals surface area contributed by atoms with Crippen molar-refractivity contribution in [3.05, 3.63) is 29.3 Å². The summed E-state index contributed by atoms with van der Waals surface area (Å²) < 4.78 is 0. The first-order valence-corrected chi connectivity index (χ1v) is 4.79. The molecule has 0 aliphatic carbocycles. The van der Waals surface area contributed by atoms with Gasteiger partial charge in [0.2, 0.25) is 0 Å². The van der Waals surface area contributed by atoms with Crippen molar-refractivity contribution in [1.29, 1.82) is 0 Å². The van der Waals surface area contributed by atoms with Gasteiger partial charge in [0.1, 0.15) is 0 Å². The van der Waals surface area contributed by atoms with Gasteiger partial charge in [0.05, 0.1) is 0 Å². The third-order valence-corrected chi connectivity index (χ3v) is 2.48. The molecule has 0 atom stereocenters. The maximum Gasteiger partial charge on any atom is 0.319 e. The van der Waals surface area contributed by atoms with Gasteiger partial charge in [-0.3, -0.25) is 4.90 Å². The number of amides is 2. The standard InChI is InChI=1S/C10H13ClN2O/c1-7-4-3-5-9(8(7)6-11)13(2)10(12)14/h3-5H,6H2,1-2H3,(H2,12,14). The lowest BCUT2D eigenvalue weighted by Gasteiger charge is -2.18. The Kier molecular flexibility index (Phi) is 3.36. The Hall–Kier alpha value is -1.22. The Labute approximate surface area is 88.5 Å². The molecule has 0 radical (unpaired) electrons. The summed E-state index contributed by atoms with van der Waals surface area (Å²) in [7, 11) is 1.63. The van der Waals surface area contributed by atoms with Crippen molar-refractivity contribution in [3.8, 4) is 0 Å². The van der Waals surface area contributed by atoms with Gasteiger partial charge in [0.25, 0.3) is 0 Å². The second-order valence-electron chi connectivity index (χ2n) is 3.10. The summed E-state index contributed by atoms with van der Waals surface area (Å²) in [5, 5.41) is 0. The average molecular weight is 213 g/mol. The Morgan fingerprint density at radius 3 is 2.71 bits per heavy atom. The van der Waals surface area contributed by atoms with Crippen LogP contribution in [0.5, 0.6) is 0 Å². The second kappa shape index (κ2) is 4.33. The molecular weight excluding hydrogens is 200 g/mol. The fraction of sp³-hybridized carbons (Fsp3) is 0.300. The normalized spacial score (nSPS) is 9.93. The van der Waals surface area contributed by atoms with E-state index >= 15 is 0 Å². The van der Waals surface area contributed by atoms with E-state index in [0.29, 0.717) is 5.88 Å². The average Bonchev–Trinajstić information content (AvgIpc) is 2.16. The minimum atomic E-state index is -0.484. The molecule has 0 saturated heterocycles. The Balaban J connectivity index is 3.20. The second-order valence-corrected chi connectivity index (χ2v) is 3.37. The van der Waals surface area contributed by atoms with Crippen molar-refractivity contribution >= 4 is 23.3 Å². The van der Waals surface area contributed by atoms with Crippen LogP contribution in [0, 0.1) is 6.92 Å². The SMILES string of the molecule is Cc1cccc(N(C)C(N)=O)c1CCl. The smallest absolute Gasteiger partial charge is 0.319 e. The maximum atomic E-state index is 11.0. The molecule has 0 unspecified atom stereocenters. The zero-order valence-corrected chi connectivity index (χ0v) is 9.01. The van der Waals surface area contributed by atoms with Gasteiger partial charge in [-0.1, -0.05) is 12.1 Å². The van der Waals surface area contributed by atoms with Crippen LogP contribution in [0.4, 0.5) is 10.5 Å². The highest BCUT2D eigenvalue weighted by Crippen LogP contribution is 2.24. The quantitative estimate of drug-likeness (QED) is 0.751. The summed E-state index contributed by atoms with van der Waals surface area (Å²) in [5.41, 5.74) is 7.96. The molecular formula is C10H13ClN2O. The monoisotopic (exact) mass is 212 g/mol. The van der Waals surface area contributed by atoms with Crippen LogP contribution in [0.3, 0.4) is 0 Å². The highest BCUT2D eigenvalue weighted by molar-refractivity contribution is 6.17. The van der Waals surface area contributed by atoms with E-state index in [1.165, 1.54) is 4.90 Å². The Morgan fingerprint density at radius 2 is 2.21 bits per heavy atom. The van der Waals surface area contributed by atoms with E-state index in [-0.39, 0.29) is 0 Å². The number of carbonyl (C=O) groups excluding carboxylic acids is 1. The van der Waals surface area contributed by atoms with Crippen molar-refractivity contribution in [2.75, 3.05) is 11.9 Å². The van der Waals surface area contributed by atoms with Gasteiger partial charge in [-0.05, 0) is 24.1 Å². The first kappa shape index (κ1) is 10.9. The largest absolute Gasteiger partial charge is 0.351 e. The number of hydrogen-bond donors (Lipinski definition) is 1. The first-order chi connectivity index (χ1) is 6.57.